The Morgan fingerprint density at radius 2 is 2.10 bits per heavy atom. The van der Waals surface area contributed by atoms with Gasteiger partial charge in [0.1, 0.15) is 16.9 Å². The SMILES string of the molecule is C[C@H]1CCc2c(sc3ncnc(Oc4ccc(NC(=O)c5ccco5)cc4)c23)C1. The van der Waals surface area contributed by atoms with Crippen LogP contribution >= 0.6 is 11.3 Å². The maximum absolute atomic E-state index is 12.1. The Morgan fingerprint density at radius 1 is 1.24 bits per heavy atom. The number of carbonyl (C=O) groups excluding carboxylic acids is 1. The Hall–Kier alpha value is -3.19. The van der Waals surface area contributed by atoms with Crippen LogP contribution in [0.15, 0.2) is 53.4 Å². The fourth-order valence-corrected chi connectivity index (χ4v) is 4.98. The minimum Gasteiger partial charge on any atom is -0.459 e. The molecule has 1 aromatic carbocycles. The van der Waals surface area contributed by atoms with E-state index in [-0.39, 0.29) is 11.7 Å². The van der Waals surface area contributed by atoms with Crippen molar-refractivity contribution in [3.63, 3.8) is 0 Å². The van der Waals surface area contributed by atoms with Crippen LogP contribution in [0.1, 0.15) is 34.3 Å². The normalized spacial score (nSPS) is 15.8. The van der Waals surface area contributed by atoms with Gasteiger partial charge in [0, 0.05) is 10.6 Å². The van der Waals surface area contributed by atoms with Crippen LogP contribution < -0.4 is 10.1 Å². The average molecular weight is 405 g/mol. The minimum absolute atomic E-state index is 0.269. The number of hydrogen-bond donors (Lipinski definition) is 1. The van der Waals surface area contributed by atoms with Gasteiger partial charge in [-0.05, 0) is 67.1 Å². The number of nitrogens with one attached hydrogen (secondary N) is 1. The molecule has 0 fully saturated rings. The molecule has 0 saturated carbocycles. The fraction of sp³-hybridized carbons (Fsp3) is 0.227. The monoisotopic (exact) mass is 405 g/mol. The molecule has 4 aromatic rings. The van der Waals surface area contributed by atoms with E-state index in [1.807, 2.05) is 12.1 Å². The summed E-state index contributed by atoms with van der Waals surface area (Å²) in [5.41, 5.74) is 1.99. The van der Waals surface area contributed by atoms with Crippen molar-refractivity contribution in [1.29, 1.82) is 0 Å². The first-order valence-corrected chi connectivity index (χ1v) is 10.4. The van der Waals surface area contributed by atoms with Crippen LogP contribution in [0.4, 0.5) is 5.69 Å². The number of aryl methyl sites for hydroxylation is 1. The molecule has 1 aliphatic rings. The van der Waals surface area contributed by atoms with Crippen molar-refractivity contribution in [2.24, 2.45) is 5.92 Å². The zero-order valence-electron chi connectivity index (χ0n) is 15.8. The van der Waals surface area contributed by atoms with E-state index in [4.69, 9.17) is 9.15 Å². The zero-order valence-corrected chi connectivity index (χ0v) is 16.7. The van der Waals surface area contributed by atoms with Gasteiger partial charge in [-0.3, -0.25) is 4.79 Å². The number of furan rings is 1. The highest BCUT2D eigenvalue weighted by Crippen LogP contribution is 2.41. The highest BCUT2D eigenvalue weighted by Gasteiger charge is 2.23. The molecule has 0 radical (unpaired) electrons. The number of rotatable bonds is 4. The first kappa shape index (κ1) is 17.9. The van der Waals surface area contributed by atoms with Crippen LogP contribution in [0.3, 0.4) is 0 Å². The van der Waals surface area contributed by atoms with Gasteiger partial charge in [-0.2, -0.15) is 0 Å². The van der Waals surface area contributed by atoms with Crippen LogP contribution in [-0.2, 0) is 12.8 Å². The first-order valence-electron chi connectivity index (χ1n) is 9.55. The van der Waals surface area contributed by atoms with Crippen molar-refractivity contribution in [2.45, 2.75) is 26.2 Å². The van der Waals surface area contributed by atoms with Crippen molar-refractivity contribution in [3.05, 3.63) is 65.2 Å². The summed E-state index contributed by atoms with van der Waals surface area (Å²) in [6, 6.07) is 10.5. The van der Waals surface area contributed by atoms with Gasteiger partial charge >= 0.3 is 0 Å². The number of amides is 1. The quantitative estimate of drug-likeness (QED) is 0.488. The molecule has 3 heterocycles. The number of nitrogens with zero attached hydrogens (tertiary/aromatic N) is 2. The predicted octanol–water partition coefficient (Wildman–Crippen LogP) is 5.45. The third-order valence-corrected chi connectivity index (χ3v) is 6.29. The van der Waals surface area contributed by atoms with Gasteiger partial charge in [0.15, 0.2) is 5.76 Å². The zero-order chi connectivity index (χ0) is 19.8. The van der Waals surface area contributed by atoms with Crippen molar-refractivity contribution >= 4 is 33.1 Å². The van der Waals surface area contributed by atoms with Crippen molar-refractivity contribution in [1.82, 2.24) is 9.97 Å². The molecular formula is C22H19N3O3S. The molecule has 1 N–H and O–H groups in total. The molecule has 6 nitrogen and oxygen atoms in total. The molecule has 3 aromatic heterocycles. The Morgan fingerprint density at radius 3 is 2.90 bits per heavy atom. The summed E-state index contributed by atoms with van der Waals surface area (Å²) in [6.45, 7) is 2.29. The number of aromatic nitrogens is 2. The number of anilines is 1. The number of carbonyl (C=O) groups is 1. The van der Waals surface area contributed by atoms with Crippen LogP contribution in [-0.4, -0.2) is 15.9 Å². The fourth-order valence-electron chi connectivity index (χ4n) is 3.64. The molecule has 1 atom stereocenters. The molecule has 146 valence electrons. The molecule has 0 aliphatic heterocycles. The number of thiophene rings is 1. The Kier molecular flexibility index (Phi) is 4.52. The molecule has 29 heavy (non-hydrogen) atoms. The molecule has 0 saturated heterocycles. The van der Waals surface area contributed by atoms with Gasteiger partial charge in [-0.1, -0.05) is 6.92 Å². The van der Waals surface area contributed by atoms with E-state index in [0.717, 1.165) is 23.1 Å². The average Bonchev–Trinajstić information content (AvgIpc) is 3.37. The predicted molar refractivity (Wildman–Crippen MR) is 112 cm³/mol. The smallest absolute Gasteiger partial charge is 0.291 e. The van der Waals surface area contributed by atoms with E-state index in [9.17, 15) is 4.79 Å². The minimum atomic E-state index is -0.291. The summed E-state index contributed by atoms with van der Waals surface area (Å²) in [7, 11) is 0. The first-order chi connectivity index (χ1) is 14.2. The van der Waals surface area contributed by atoms with E-state index in [1.54, 1.807) is 41.9 Å². The van der Waals surface area contributed by atoms with Gasteiger partial charge < -0.3 is 14.5 Å². The highest BCUT2D eigenvalue weighted by atomic mass is 32.1. The lowest BCUT2D eigenvalue weighted by atomic mass is 9.89. The van der Waals surface area contributed by atoms with Crippen molar-refractivity contribution in [2.75, 3.05) is 5.32 Å². The lowest BCUT2D eigenvalue weighted by molar-refractivity contribution is 0.0996. The summed E-state index contributed by atoms with van der Waals surface area (Å²) in [5, 5.41) is 3.83. The summed E-state index contributed by atoms with van der Waals surface area (Å²) >= 11 is 1.75. The Labute approximate surface area is 171 Å². The van der Waals surface area contributed by atoms with Crippen LogP contribution in [0.2, 0.25) is 0 Å². The molecule has 0 bridgehead atoms. The molecule has 1 aliphatic carbocycles. The highest BCUT2D eigenvalue weighted by molar-refractivity contribution is 7.18. The summed E-state index contributed by atoms with van der Waals surface area (Å²) in [6.07, 6.45) is 6.34. The Bertz CT molecular complexity index is 1170. The molecular weight excluding hydrogens is 386 g/mol. The topological polar surface area (TPSA) is 77.3 Å². The van der Waals surface area contributed by atoms with Gasteiger partial charge in [0.05, 0.1) is 11.6 Å². The third kappa shape index (κ3) is 3.49. The van der Waals surface area contributed by atoms with Gasteiger partial charge in [0.2, 0.25) is 5.88 Å². The molecule has 7 heteroatoms. The molecule has 5 rings (SSSR count). The summed E-state index contributed by atoms with van der Waals surface area (Å²) in [4.78, 5) is 23.3. The molecule has 0 spiro atoms. The van der Waals surface area contributed by atoms with Crippen molar-refractivity contribution in [3.8, 4) is 11.6 Å². The number of hydrogen-bond acceptors (Lipinski definition) is 6. The van der Waals surface area contributed by atoms with Gasteiger partial charge in [-0.15, -0.1) is 11.3 Å². The second-order valence-electron chi connectivity index (χ2n) is 7.27. The lowest BCUT2D eigenvalue weighted by Gasteiger charge is -2.18. The van der Waals surface area contributed by atoms with Crippen LogP contribution in [0, 0.1) is 5.92 Å². The Balaban J connectivity index is 1.38. The second kappa shape index (κ2) is 7.33. The van der Waals surface area contributed by atoms with Crippen LogP contribution in [0.25, 0.3) is 10.2 Å². The summed E-state index contributed by atoms with van der Waals surface area (Å²) < 4.78 is 11.2. The van der Waals surface area contributed by atoms with Gasteiger partial charge in [-0.25, -0.2) is 9.97 Å². The number of ether oxygens (including phenoxy) is 1. The second-order valence-corrected chi connectivity index (χ2v) is 8.35. The largest absolute Gasteiger partial charge is 0.459 e. The van der Waals surface area contributed by atoms with E-state index in [1.165, 1.54) is 23.1 Å². The maximum Gasteiger partial charge on any atom is 0.291 e. The van der Waals surface area contributed by atoms with Crippen LogP contribution in [0.5, 0.6) is 11.6 Å². The van der Waals surface area contributed by atoms with E-state index in [2.05, 4.69) is 22.2 Å². The van der Waals surface area contributed by atoms with E-state index in [0.29, 0.717) is 23.2 Å². The molecule has 1 amide bonds. The van der Waals surface area contributed by atoms with E-state index < -0.39 is 0 Å². The lowest BCUT2D eigenvalue weighted by Crippen LogP contribution is -2.10. The van der Waals surface area contributed by atoms with Gasteiger partial charge in [0.25, 0.3) is 5.91 Å². The number of benzene rings is 1. The maximum atomic E-state index is 12.1. The van der Waals surface area contributed by atoms with Crippen molar-refractivity contribution < 1.29 is 13.9 Å². The summed E-state index contributed by atoms with van der Waals surface area (Å²) in [5.74, 6) is 1.93. The van der Waals surface area contributed by atoms with E-state index >= 15 is 0 Å². The standard InChI is InChI=1S/C22H19N3O3S/c1-13-4-9-16-18(11-13)29-22-19(16)21(23-12-24-22)28-15-7-5-14(6-8-15)25-20(26)17-3-2-10-27-17/h2-3,5-8,10,12-13H,4,9,11H2,1H3,(H,25,26)/t13-/m0/s1. The number of fused-ring (bicyclic) bond motifs is 3. The third-order valence-electron chi connectivity index (χ3n) is 5.13. The molecule has 0 unspecified atom stereocenters.